The van der Waals surface area contributed by atoms with Gasteiger partial charge in [0.1, 0.15) is 5.65 Å². The van der Waals surface area contributed by atoms with E-state index >= 15 is 0 Å². The first-order chi connectivity index (χ1) is 13.7. The number of aromatic nitrogens is 2. The Kier molecular flexibility index (Phi) is 4.57. The van der Waals surface area contributed by atoms with Gasteiger partial charge >= 0.3 is 0 Å². The van der Waals surface area contributed by atoms with E-state index in [0.717, 1.165) is 38.0 Å². The largest absolute Gasteiger partial charge is 0.346 e. The summed E-state index contributed by atoms with van der Waals surface area (Å²) in [4.78, 5) is 25.0. The lowest BCUT2D eigenvalue weighted by atomic mass is 9.86. The smallest absolute Gasteiger partial charge is 0.257 e. The summed E-state index contributed by atoms with van der Waals surface area (Å²) < 4.78 is 0. The van der Waals surface area contributed by atoms with Crippen molar-refractivity contribution >= 4 is 28.5 Å². The van der Waals surface area contributed by atoms with Gasteiger partial charge in [0.2, 0.25) is 0 Å². The number of piperazine rings is 1. The van der Waals surface area contributed by atoms with Crippen LogP contribution in [-0.2, 0) is 0 Å². The summed E-state index contributed by atoms with van der Waals surface area (Å²) in [5.74, 6) is 0.583. The first kappa shape index (κ1) is 17.7. The van der Waals surface area contributed by atoms with Crippen molar-refractivity contribution in [2.24, 2.45) is 0 Å². The number of aromatic amines is 1. The molecule has 28 heavy (non-hydrogen) atoms. The van der Waals surface area contributed by atoms with Crippen LogP contribution in [0.2, 0.25) is 5.02 Å². The Labute approximate surface area is 169 Å². The first-order valence-electron chi connectivity index (χ1n) is 9.90. The molecule has 0 bridgehead atoms. The van der Waals surface area contributed by atoms with E-state index in [1.807, 2.05) is 11.0 Å². The number of fused-ring (bicyclic) bond motifs is 2. The molecule has 0 unspecified atom stereocenters. The summed E-state index contributed by atoms with van der Waals surface area (Å²) in [6, 6.07) is 13.1. The van der Waals surface area contributed by atoms with Crippen LogP contribution in [0.4, 0.5) is 0 Å². The van der Waals surface area contributed by atoms with Crippen LogP contribution in [0.5, 0.6) is 0 Å². The molecule has 4 heterocycles. The number of hydrogen-bond acceptors (Lipinski definition) is 3. The van der Waals surface area contributed by atoms with Crippen molar-refractivity contribution in [2.45, 2.75) is 24.8 Å². The SMILES string of the molecule is O=C(c1cnc2[nH]ccc2c1Cl)N1CCN2C[C@@H](c3ccccc3)CC[C@@H]2C1. The third-order valence-corrected chi connectivity index (χ3v) is 6.62. The van der Waals surface area contributed by atoms with Gasteiger partial charge in [-0.2, -0.15) is 0 Å². The van der Waals surface area contributed by atoms with Crippen molar-refractivity contribution in [3.63, 3.8) is 0 Å². The topological polar surface area (TPSA) is 52.2 Å². The molecule has 1 aromatic carbocycles. The molecule has 2 atom stereocenters. The predicted molar refractivity (Wildman–Crippen MR) is 111 cm³/mol. The zero-order valence-corrected chi connectivity index (χ0v) is 16.4. The number of rotatable bonds is 2. The van der Waals surface area contributed by atoms with Gasteiger partial charge in [0.05, 0.1) is 10.6 Å². The van der Waals surface area contributed by atoms with Crippen molar-refractivity contribution in [3.8, 4) is 0 Å². The summed E-state index contributed by atoms with van der Waals surface area (Å²) in [5.41, 5.74) is 2.64. The fourth-order valence-electron chi connectivity index (χ4n) is 4.65. The molecular formula is C22H23ClN4O. The molecule has 2 aliphatic heterocycles. The number of benzene rings is 1. The molecule has 0 spiro atoms. The van der Waals surface area contributed by atoms with Crippen LogP contribution in [0.25, 0.3) is 11.0 Å². The van der Waals surface area contributed by atoms with Gasteiger partial charge in [0.15, 0.2) is 0 Å². The number of carbonyl (C=O) groups excluding carboxylic acids is 1. The Balaban J connectivity index is 1.30. The lowest BCUT2D eigenvalue weighted by Crippen LogP contribution is -2.57. The fraction of sp³-hybridized carbons (Fsp3) is 0.364. The molecule has 5 rings (SSSR count). The number of nitrogens with zero attached hydrogens (tertiary/aromatic N) is 3. The van der Waals surface area contributed by atoms with Gasteiger partial charge in [0.25, 0.3) is 5.91 Å². The van der Waals surface area contributed by atoms with E-state index in [-0.39, 0.29) is 5.91 Å². The molecule has 0 saturated carbocycles. The molecule has 2 fully saturated rings. The maximum absolute atomic E-state index is 13.1. The van der Waals surface area contributed by atoms with Crippen molar-refractivity contribution in [2.75, 3.05) is 26.2 Å². The van der Waals surface area contributed by atoms with Crippen LogP contribution in [0.3, 0.4) is 0 Å². The lowest BCUT2D eigenvalue weighted by Gasteiger charge is -2.46. The van der Waals surface area contributed by atoms with Crippen LogP contribution in [0, 0.1) is 0 Å². The molecule has 3 aromatic rings. The van der Waals surface area contributed by atoms with E-state index in [4.69, 9.17) is 11.6 Å². The van der Waals surface area contributed by atoms with Gasteiger partial charge in [-0.25, -0.2) is 4.98 Å². The molecule has 5 nitrogen and oxygen atoms in total. The monoisotopic (exact) mass is 394 g/mol. The standard InChI is InChI=1S/C22H23ClN4O/c23-20-18-8-9-24-21(18)25-12-19(20)22(28)27-11-10-26-13-16(6-7-17(26)14-27)15-4-2-1-3-5-15/h1-5,8-9,12,16-17H,6-7,10-11,13-14H2,(H,24,25)/t16-,17+/m0/s1. The number of pyridine rings is 1. The van der Waals surface area contributed by atoms with Crippen LogP contribution in [0.1, 0.15) is 34.7 Å². The average Bonchev–Trinajstić information content (AvgIpc) is 3.23. The van der Waals surface area contributed by atoms with E-state index in [0.29, 0.717) is 28.2 Å². The minimum atomic E-state index is -0.00886. The van der Waals surface area contributed by atoms with Crippen molar-refractivity contribution in [1.29, 1.82) is 0 Å². The molecule has 2 aromatic heterocycles. The van der Waals surface area contributed by atoms with Crippen LogP contribution < -0.4 is 0 Å². The zero-order chi connectivity index (χ0) is 19.1. The van der Waals surface area contributed by atoms with Gasteiger partial charge in [0, 0.05) is 50.0 Å². The number of halogens is 1. The third-order valence-electron chi connectivity index (χ3n) is 6.22. The lowest BCUT2D eigenvalue weighted by molar-refractivity contribution is 0.0329. The Morgan fingerprint density at radius 1 is 1.11 bits per heavy atom. The van der Waals surface area contributed by atoms with Crippen molar-refractivity contribution < 1.29 is 4.79 Å². The van der Waals surface area contributed by atoms with E-state index in [9.17, 15) is 4.79 Å². The molecule has 0 radical (unpaired) electrons. The molecule has 2 aliphatic rings. The number of amides is 1. The normalized spacial score (nSPS) is 23.0. The van der Waals surface area contributed by atoms with Gasteiger partial charge in [-0.1, -0.05) is 41.9 Å². The van der Waals surface area contributed by atoms with E-state index in [2.05, 4.69) is 45.2 Å². The summed E-state index contributed by atoms with van der Waals surface area (Å²) in [5, 5.41) is 1.29. The minimum Gasteiger partial charge on any atom is -0.346 e. The summed E-state index contributed by atoms with van der Waals surface area (Å²) in [7, 11) is 0. The highest BCUT2D eigenvalue weighted by Gasteiger charge is 2.35. The highest BCUT2D eigenvalue weighted by molar-refractivity contribution is 6.38. The minimum absolute atomic E-state index is 0.00886. The van der Waals surface area contributed by atoms with Crippen molar-refractivity contribution in [3.05, 3.63) is 64.9 Å². The molecule has 1 N–H and O–H groups in total. The maximum atomic E-state index is 13.1. The second kappa shape index (κ2) is 7.22. The van der Waals surface area contributed by atoms with Gasteiger partial charge < -0.3 is 9.88 Å². The molecular weight excluding hydrogens is 372 g/mol. The Morgan fingerprint density at radius 2 is 1.96 bits per heavy atom. The van der Waals surface area contributed by atoms with Crippen molar-refractivity contribution in [1.82, 2.24) is 19.8 Å². The Hall–Kier alpha value is -2.37. The average molecular weight is 395 g/mol. The highest BCUT2D eigenvalue weighted by atomic mass is 35.5. The summed E-state index contributed by atoms with van der Waals surface area (Å²) in [6.07, 6.45) is 5.68. The quantitative estimate of drug-likeness (QED) is 0.716. The Morgan fingerprint density at radius 3 is 2.82 bits per heavy atom. The van der Waals surface area contributed by atoms with Gasteiger partial charge in [-0.05, 0) is 30.4 Å². The molecule has 2 saturated heterocycles. The Bertz CT molecular complexity index is 1000. The fourth-order valence-corrected chi connectivity index (χ4v) is 4.93. The van der Waals surface area contributed by atoms with Crippen LogP contribution >= 0.6 is 11.6 Å². The zero-order valence-electron chi connectivity index (χ0n) is 15.6. The van der Waals surface area contributed by atoms with E-state index in [1.54, 1.807) is 12.4 Å². The second-order valence-electron chi connectivity index (χ2n) is 7.81. The third kappa shape index (κ3) is 3.09. The van der Waals surface area contributed by atoms with Gasteiger partial charge in [-0.3, -0.25) is 9.69 Å². The number of nitrogens with one attached hydrogen (secondary N) is 1. The van der Waals surface area contributed by atoms with Crippen LogP contribution in [0.15, 0.2) is 48.8 Å². The summed E-state index contributed by atoms with van der Waals surface area (Å²) in [6.45, 7) is 3.49. The number of H-pyrrole nitrogens is 1. The number of piperidine rings is 1. The van der Waals surface area contributed by atoms with E-state index in [1.165, 1.54) is 12.0 Å². The number of hydrogen-bond donors (Lipinski definition) is 1. The van der Waals surface area contributed by atoms with Gasteiger partial charge in [-0.15, -0.1) is 0 Å². The highest BCUT2D eigenvalue weighted by Crippen LogP contribution is 2.33. The second-order valence-corrected chi connectivity index (χ2v) is 8.19. The predicted octanol–water partition coefficient (Wildman–Crippen LogP) is 3.92. The summed E-state index contributed by atoms with van der Waals surface area (Å²) >= 11 is 6.50. The molecule has 144 valence electrons. The maximum Gasteiger partial charge on any atom is 0.257 e. The molecule has 1 amide bonds. The number of carbonyl (C=O) groups is 1. The van der Waals surface area contributed by atoms with E-state index < -0.39 is 0 Å². The first-order valence-corrected chi connectivity index (χ1v) is 10.3. The molecule has 6 heteroatoms. The van der Waals surface area contributed by atoms with Crippen LogP contribution in [-0.4, -0.2) is 57.9 Å². The molecule has 0 aliphatic carbocycles.